The maximum Gasteiger partial charge on any atom is 0.163 e. The molecule has 1 aliphatic rings. The molecule has 0 atom stereocenters. The van der Waals surface area contributed by atoms with Gasteiger partial charge in [0.25, 0.3) is 0 Å². The molecule has 0 aliphatic carbocycles. The molecule has 1 aliphatic heterocycles. The monoisotopic (exact) mass is 342 g/mol. The van der Waals surface area contributed by atoms with E-state index in [4.69, 9.17) is 11.6 Å². The molecule has 0 fully saturated rings. The number of aliphatic hydroxyl groups is 1. The Morgan fingerprint density at radius 2 is 1.96 bits per heavy atom. The Hall–Kier alpha value is -2.57. The molecule has 24 heavy (non-hydrogen) atoms. The summed E-state index contributed by atoms with van der Waals surface area (Å²) < 4.78 is 15.6. The zero-order chi connectivity index (χ0) is 16.7. The molecule has 2 aromatic carbocycles. The third kappa shape index (κ3) is 2.31. The number of halogens is 2. The maximum atomic E-state index is 13.9. The highest BCUT2D eigenvalue weighted by molar-refractivity contribution is 6.35. The second-order valence-corrected chi connectivity index (χ2v) is 5.74. The molecule has 1 aromatic heterocycles. The first kappa shape index (κ1) is 15.0. The van der Waals surface area contributed by atoms with E-state index in [0.717, 1.165) is 5.56 Å². The number of aliphatic hydroxyl groups excluding tert-OH is 1. The van der Waals surface area contributed by atoms with E-state index in [-0.39, 0.29) is 19.0 Å². The molecule has 120 valence electrons. The molecule has 2 heterocycles. The summed E-state index contributed by atoms with van der Waals surface area (Å²) in [4.78, 5) is 4.59. The van der Waals surface area contributed by atoms with E-state index in [1.165, 1.54) is 12.1 Å². The number of aliphatic imine (C=N–C) groups is 1. The molecule has 0 unspecified atom stereocenters. The summed E-state index contributed by atoms with van der Waals surface area (Å²) in [5, 5.41) is 18.1. The van der Waals surface area contributed by atoms with Crippen LogP contribution in [0.5, 0.6) is 0 Å². The van der Waals surface area contributed by atoms with Crippen LogP contribution in [0.4, 0.5) is 4.39 Å². The third-order valence-corrected chi connectivity index (χ3v) is 4.23. The lowest BCUT2D eigenvalue weighted by atomic mass is 10.00. The van der Waals surface area contributed by atoms with Crippen LogP contribution in [-0.4, -0.2) is 25.6 Å². The van der Waals surface area contributed by atoms with Crippen molar-refractivity contribution in [1.82, 2.24) is 14.8 Å². The number of hydrogen-bond acceptors (Lipinski definition) is 4. The predicted octanol–water partition coefficient (Wildman–Crippen LogP) is 2.90. The Morgan fingerprint density at radius 1 is 1.12 bits per heavy atom. The molecule has 0 radical (unpaired) electrons. The van der Waals surface area contributed by atoms with Crippen LogP contribution in [0.3, 0.4) is 0 Å². The summed E-state index contributed by atoms with van der Waals surface area (Å²) in [6, 6.07) is 11.7. The summed E-state index contributed by atoms with van der Waals surface area (Å²) in [5.74, 6) is 0.581. The van der Waals surface area contributed by atoms with Gasteiger partial charge in [0.15, 0.2) is 11.6 Å². The van der Waals surface area contributed by atoms with E-state index >= 15 is 0 Å². The lowest BCUT2D eigenvalue weighted by molar-refractivity contribution is 0.268. The maximum absolute atomic E-state index is 13.9. The Labute approximate surface area is 142 Å². The van der Waals surface area contributed by atoms with Crippen LogP contribution in [0, 0.1) is 5.82 Å². The van der Waals surface area contributed by atoms with E-state index < -0.39 is 0 Å². The lowest BCUT2D eigenvalue weighted by Crippen LogP contribution is -2.10. The molecule has 0 spiro atoms. The topological polar surface area (TPSA) is 63.3 Å². The van der Waals surface area contributed by atoms with Gasteiger partial charge >= 0.3 is 0 Å². The third-order valence-electron chi connectivity index (χ3n) is 3.90. The van der Waals surface area contributed by atoms with Crippen molar-refractivity contribution in [3.63, 3.8) is 0 Å². The molecule has 5 nitrogen and oxygen atoms in total. The Kier molecular flexibility index (Phi) is 3.63. The van der Waals surface area contributed by atoms with Gasteiger partial charge in [-0.1, -0.05) is 29.8 Å². The van der Waals surface area contributed by atoms with Crippen molar-refractivity contribution in [3.8, 4) is 5.69 Å². The standard InChI is InChI=1S/C17H12ClFN4O/c18-13-4-2-1-3-11(13)17-12-7-10(19)5-6-14(12)23-15(8-20-17)21-22-16(23)9-24/h1-7,24H,8-9H2. The van der Waals surface area contributed by atoms with Gasteiger partial charge in [0, 0.05) is 16.1 Å². The summed E-state index contributed by atoms with van der Waals surface area (Å²) in [5.41, 5.74) is 2.55. The highest BCUT2D eigenvalue weighted by Crippen LogP contribution is 2.29. The number of hydrogen-bond donors (Lipinski definition) is 1. The first-order valence-corrected chi connectivity index (χ1v) is 7.70. The quantitative estimate of drug-likeness (QED) is 0.779. The van der Waals surface area contributed by atoms with Gasteiger partial charge in [-0.15, -0.1) is 10.2 Å². The minimum atomic E-state index is -0.379. The number of fused-ring (bicyclic) bond motifs is 3. The van der Waals surface area contributed by atoms with Gasteiger partial charge in [0.1, 0.15) is 19.0 Å². The number of rotatable bonds is 2. The van der Waals surface area contributed by atoms with E-state index in [0.29, 0.717) is 33.6 Å². The van der Waals surface area contributed by atoms with E-state index in [9.17, 15) is 9.50 Å². The van der Waals surface area contributed by atoms with Gasteiger partial charge in [0.2, 0.25) is 0 Å². The highest BCUT2D eigenvalue weighted by Gasteiger charge is 2.23. The number of benzene rings is 2. The molecule has 0 amide bonds. The van der Waals surface area contributed by atoms with Crippen LogP contribution in [0.25, 0.3) is 5.69 Å². The molecule has 4 rings (SSSR count). The Bertz CT molecular complexity index is 967. The van der Waals surface area contributed by atoms with Crippen molar-refractivity contribution >= 4 is 17.3 Å². The van der Waals surface area contributed by atoms with Crippen LogP contribution in [0.1, 0.15) is 22.8 Å². The van der Waals surface area contributed by atoms with Crippen molar-refractivity contribution in [2.75, 3.05) is 0 Å². The van der Waals surface area contributed by atoms with Crippen LogP contribution in [-0.2, 0) is 13.2 Å². The Balaban J connectivity index is 2.01. The van der Waals surface area contributed by atoms with Gasteiger partial charge in [0.05, 0.1) is 11.4 Å². The lowest BCUT2D eigenvalue weighted by Gasteiger charge is -2.13. The van der Waals surface area contributed by atoms with Crippen molar-refractivity contribution in [2.24, 2.45) is 4.99 Å². The van der Waals surface area contributed by atoms with Gasteiger partial charge in [-0.25, -0.2) is 4.39 Å². The zero-order valence-corrected chi connectivity index (χ0v) is 13.2. The minimum Gasteiger partial charge on any atom is -0.388 e. The number of nitrogens with zero attached hydrogens (tertiary/aromatic N) is 4. The van der Waals surface area contributed by atoms with Gasteiger partial charge in [-0.3, -0.25) is 9.56 Å². The van der Waals surface area contributed by atoms with Crippen molar-refractivity contribution in [1.29, 1.82) is 0 Å². The average Bonchev–Trinajstić information content (AvgIpc) is 2.93. The molecular weight excluding hydrogens is 331 g/mol. The first-order chi connectivity index (χ1) is 11.7. The Morgan fingerprint density at radius 3 is 2.75 bits per heavy atom. The molecule has 7 heteroatoms. The van der Waals surface area contributed by atoms with Crippen LogP contribution in [0.15, 0.2) is 47.5 Å². The predicted molar refractivity (Wildman–Crippen MR) is 88.0 cm³/mol. The van der Waals surface area contributed by atoms with Crippen molar-refractivity contribution < 1.29 is 9.50 Å². The van der Waals surface area contributed by atoms with E-state index in [1.54, 1.807) is 16.7 Å². The molecule has 0 saturated heterocycles. The number of aromatic nitrogens is 3. The zero-order valence-electron chi connectivity index (χ0n) is 12.4. The fourth-order valence-corrected chi connectivity index (χ4v) is 3.07. The second-order valence-electron chi connectivity index (χ2n) is 5.33. The second kappa shape index (κ2) is 5.81. The van der Waals surface area contributed by atoms with Gasteiger partial charge in [-0.2, -0.15) is 0 Å². The van der Waals surface area contributed by atoms with Crippen molar-refractivity contribution in [3.05, 3.63) is 76.1 Å². The fraction of sp³-hybridized carbons (Fsp3) is 0.118. The summed E-state index contributed by atoms with van der Waals surface area (Å²) in [6.45, 7) is -0.0188. The van der Waals surface area contributed by atoms with E-state index in [2.05, 4.69) is 15.2 Å². The SMILES string of the molecule is OCc1nnc2n1-c1ccc(F)cc1C(c1ccccc1Cl)=NC2. The average molecular weight is 343 g/mol. The van der Waals surface area contributed by atoms with Crippen molar-refractivity contribution in [2.45, 2.75) is 13.2 Å². The minimum absolute atomic E-state index is 0.254. The largest absolute Gasteiger partial charge is 0.388 e. The smallest absolute Gasteiger partial charge is 0.163 e. The molecular formula is C17H12ClFN4O. The fourth-order valence-electron chi connectivity index (χ4n) is 2.85. The molecule has 3 aromatic rings. The summed E-state index contributed by atoms with van der Waals surface area (Å²) >= 11 is 6.31. The van der Waals surface area contributed by atoms with Crippen LogP contribution >= 0.6 is 11.6 Å². The first-order valence-electron chi connectivity index (χ1n) is 7.32. The molecule has 1 N–H and O–H groups in total. The van der Waals surface area contributed by atoms with Crippen LogP contribution in [0.2, 0.25) is 5.02 Å². The molecule has 0 saturated carbocycles. The van der Waals surface area contributed by atoms with Gasteiger partial charge < -0.3 is 5.11 Å². The van der Waals surface area contributed by atoms with E-state index in [1.807, 2.05) is 18.2 Å². The van der Waals surface area contributed by atoms with Crippen LogP contribution < -0.4 is 0 Å². The summed E-state index contributed by atoms with van der Waals surface area (Å²) in [7, 11) is 0. The van der Waals surface area contributed by atoms with Gasteiger partial charge in [-0.05, 0) is 24.3 Å². The highest BCUT2D eigenvalue weighted by atomic mass is 35.5. The summed E-state index contributed by atoms with van der Waals surface area (Å²) in [6.07, 6.45) is 0. The normalized spacial score (nSPS) is 13.0. The molecule has 0 bridgehead atoms.